The molecule has 0 aliphatic rings. The van der Waals surface area contributed by atoms with Crippen molar-refractivity contribution in [2.75, 3.05) is 11.1 Å². The van der Waals surface area contributed by atoms with Gasteiger partial charge in [0.15, 0.2) is 5.16 Å². The third-order valence-electron chi connectivity index (χ3n) is 5.11. The van der Waals surface area contributed by atoms with Gasteiger partial charge in [0.2, 0.25) is 5.91 Å². The topological polar surface area (TPSA) is 98.1 Å². The second-order valence-electron chi connectivity index (χ2n) is 7.70. The van der Waals surface area contributed by atoms with Crippen molar-refractivity contribution in [2.45, 2.75) is 18.3 Å². The summed E-state index contributed by atoms with van der Waals surface area (Å²) in [5.41, 5.74) is 2.99. The number of ether oxygens (including phenoxy) is 1. The van der Waals surface area contributed by atoms with Crippen LogP contribution >= 0.6 is 11.8 Å². The van der Waals surface area contributed by atoms with E-state index in [1.165, 1.54) is 11.8 Å². The van der Waals surface area contributed by atoms with Gasteiger partial charge in [0, 0.05) is 24.8 Å². The number of aromatic nitrogens is 3. The predicted octanol–water partition coefficient (Wildman–Crippen LogP) is 4.05. The summed E-state index contributed by atoms with van der Waals surface area (Å²) in [5, 5.41) is 14.2. The lowest BCUT2D eigenvalue weighted by Gasteiger charge is -2.12. The number of rotatable bonds is 10. The Labute approximate surface area is 207 Å². The summed E-state index contributed by atoms with van der Waals surface area (Å²) < 4.78 is 7.61. The number of amides is 2. The van der Waals surface area contributed by atoms with E-state index in [4.69, 9.17) is 4.74 Å². The Hall–Kier alpha value is -4.11. The van der Waals surface area contributed by atoms with E-state index in [0.717, 1.165) is 16.9 Å². The van der Waals surface area contributed by atoms with E-state index in [2.05, 4.69) is 20.8 Å². The van der Waals surface area contributed by atoms with Crippen molar-refractivity contribution in [2.24, 2.45) is 7.05 Å². The monoisotopic (exact) mass is 487 g/mol. The zero-order valence-corrected chi connectivity index (χ0v) is 20.0. The Bertz CT molecular complexity index is 1290. The van der Waals surface area contributed by atoms with Crippen molar-refractivity contribution in [1.82, 2.24) is 20.1 Å². The van der Waals surface area contributed by atoms with E-state index in [0.29, 0.717) is 29.6 Å². The fourth-order valence-corrected chi connectivity index (χ4v) is 3.98. The number of hydrogen-bond donors (Lipinski definition) is 2. The van der Waals surface area contributed by atoms with Gasteiger partial charge in [-0.2, -0.15) is 0 Å². The van der Waals surface area contributed by atoms with Gasteiger partial charge in [-0.25, -0.2) is 0 Å². The molecule has 1 heterocycles. The number of carbonyl (C=O) groups is 2. The molecule has 178 valence electrons. The Morgan fingerprint density at radius 2 is 1.74 bits per heavy atom. The molecule has 35 heavy (non-hydrogen) atoms. The summed E-state index contributed by atoms with van der Waals surface area (Å²) in [6, 6.07) is 24.3. The number of aryl methyl sites for hydroxylation is 1. The molecule has 0 fully saturated rings. The Balaban J connectivity index is 1.31. The van der Waals surface area contributed by atoms with E-state index >= 15 is 0 Å². The molecule has 0 aliphatic carbocycles. The molecule has 1 aromatic heterocycles. The molecule has 3 aromatic carbocycles. The summed E-state index contributed by atoms with van der Waals surface area (Å²) >= 11 is 1.29. The van der Waals surface area contributed by atoms with E-state index in [1.807, 2.05) is 61.6 Å². The maximum absolute atomic E-state index is 12.8. The molecule has 0 saturated carbocycles. The number of thioether (sulfide) groups is 1. The van der Waals surface area contributed by atoms with E-state index in [1.54, 1.807) is 35.2 Å². The van der Waals surface area contributed by atoms with Crippen molar-refractivity contribution >= 4 is 29.3 Å². The highest BCUT2D eigenvalue weighted by atomic mass is 32.2. The number of nitrogens with zero attached hydrogens (tertiary/aromatic N) is 3. The van der Waals surface area contributed by atoms with Gasteiger partial charge in [0.05, 0.1) is 5.75 Å². The molecule has 0 bridgehead atoms. The van der Waals surface area contributed by atoms with Crippen molar-refractivity contribution in [3.05, 3.63) is 102 Å². The fourth-order valence-electron chi connectivity index (χ4n) is 3.29. The van der Waals surface area contributed by atoms with Crippen LogP contribution in [0.15, 0.2) is 90.3 Å². The maximum atomic E-state index is 12.8. The Kier molecular flexibility index (Phi) is 8.13. The number of para-hydroxylation sites is 1. The number of carbonyl (C=O) groups excluding carboxylic acids is 2. The largest absolute Gasteiger partial charge is 0.489 e. The molecule has 2 N–H and O–H groups in total. The summed E-state index contributed by atoms with van der Waals surface area (Å²) in [4.78, 5) is 25.1. The molecule has 4 rings (SSSR count). The molecule has 9 heteroatoms. The van der Waals surface area contributed by atoms with E-state index in [-0.39, 0.29) is 17.6 Å². The second kappa shape index (κ2) is 11.8. The molecular formula is C26H25N5O3S. The third-order valence-corrected chi connectivity index (χ3v) is 6.14. The van der Waals surface area contributed by atoms with Crippen LogP contribution in [0, 0.1) is 0 Å². The molecule has 0 atom stereocenters. The van der Waals surface area contributed by atoms with Gasteiger partial charge in [-0.3, -0.25) is 9.59 Å². The SMILES string of the molecule is Cn1cnnc1SCC(=O)Nc1cccc(C(=O)NCc2ccccc2COc2ccccc2)c1. The minimum Gasteiger partial charge on any atom is -0.489 e. The highest BCUT2D eigenvalue weighted by Gasteiger charge is 2.11. The molecule has 0 unspecified atom stereocenters. The van der Waals surface area contributed by atoms with E-state index < -0.39 is 0 Å². The predicted molar refractivity (Wildman–Crippen MR) is 135 cm³/mol. The second-order valence-corrected chi connectivity index (χ2v) is 8.64. The molecular weight excluding hydrogens is 462 g/mol. The number of anilines is 1. The van der Waals surface area contributed by atoms with Gasteiger partial charge in [-0.05, 0) is 41.5 Å². The van der Waals surface area contributed by atoms with Gasteiger partial charge >= 0.3 is 0 Å². The van der Waals surface area contributed by atoms with Crippen molar-refractivity contribution in [1.29, 1.82) is 0 Å². The van der Waals surface area contributed by atoms with E-state index in [9.17, 15) is 9.59 Å². The van der Waals surface area contributed by atoms with Crippen LogP contribution in [0.2, 0.25) is 0 Å². The number of hydrogen-bond acceptors (Lipinski definition) is 6. The lowest BCUT2D eigenvalue weighted by Crippen LogP contribution is -2.24. The van der Waals surface area contributed by atoms with Crippen LogP contribution < -0.4 is 15.4 Å². The standard InChI is InChI=1S/C26H25N5O3S/c1-31-18-28-30-26(31)35-17-24(32)29-22-11-7-10-19(14-22)25(33)27-15-20-8-5-6-9-21(20)16-34-23-12-3-2-4-13-23/h2-14,18H,15-17H2,1H3,(H,27,33)(H,29,32). The minimum absolute atomic E-state index is 0.185. The molecule has 0 spiro atoms. The zero-order valence-electron chi connectivity index (χ0n) is 19.2. The van der Waals surface area contributed by atoms with Crippen molar-refractivity contribution < 1.29 is 14.3 Å². The molecule has 0 aliphatic heterocycles. The summed E-state index contributed by atoms with van der Waals surface area (Å²) in [6.45, 7) is 0.766. The lowest BCUT2D eigenvalue weighted by molar-refractivity contribution is -0.113. The first kappa shape index (κ1) is 24.0. The van der Waals surface area contributed by atoms with Gasteiger partial charge in [0.25, 0.3) is 5.91 Å². The number of nitrogens with one attached hydrogen (secondary N) is 2. The zero-order chi connectivity index (χ0) is 24.5. The van der Waals surface area contributed by atoms with Crippen LogP contribution in [-0.4, -0.2) is 32.3 Å². The van der Waals surface area contributed by atoms with Crippen molar-refractivity contribution in [3.8, 4) is 5.75 Å². The first-order valence-corrected chi connectivity index (χ1v) is 12.0. The minimum atomic E-state index is -0.228. The van der Waals surface area contributed by atoms with Crippen LogP contribution in [0.4, 0.5) is 5.69 Å². The smallest absolute Gasteiger partial charge is 0.251 e. The van der Waals surface area contributed by atoms with Gasteiger partial charge in [-0.15, -0.1) is 10.2 Å². The third kappa shape index (κ3) is 6.94. The Morgan fingerprint density at radius 1 is 0.971 bits per heavy atom. The maximum Gasteiger partial charge on any atom is 0.251 e. The highest BCUT2D eigenvalue weighted by Crippen LogP contribution is 2.17. The molecule has 8 nitrogen and oxygen atoms in total. The lowest BCUT2D eigenvalue weighted by atomic mass is 10.1. The number of benzene rings is 3. The Morgan fingerprint density at radius 3 is 2.51 bits per heavy atom. The van der Waals surface area contributed by atoms with Crippen LogP contribution in [-0.2, 0) is 25.0 Å². The first-order valence-electron chi connectivity index (χ1n) is 11.0. The summed E-state index contributed by atoms with van der Waals surface area (Å²) in [6.07, 6.45) is 1.58. The first-order chi connectivity index (χ1) is 17.1. The fraction of sp³-hybridized carbons (Fsp3) is 0.154. The van der Waals surface area contributed by atoms with Crippen LogP contribution in [0.25, 0.3) is 0 Å². The van der Waals surface area contributed by atoms with Crippen LogP contribution in [0.3, 0.4) is 0 Å². The van der Waals surface area contributed by atoms with Gasteiger partial charge in [0.1, 0.15) is 18.7 Å². The molecule has 0 radical (unpaired) electrons. The van der Waals surface area contributed by atoms with Gasteiger partial charge in [-0.1, -0.05) is 60.3 Å². The van der Waals surface area contributed by atoms with Crippen LogP contribution in [0.5, 0.6) is 5.75 Å². The molecule has 4 aromatic rings. The summed E-state index contributed by atoms with van der Waals surface area (Å²) in [5.74, 6) is 0.557. The van der Waals surface area contributed by atoms with Gasteiger partial charge < -0.3 is 19.9 Å². The average Bonchev–Trinajstić information content (AvgIpc) is 3.30. The molecule has 2 amide bonds. The van der Waals surface area contributed by atoms with Crippen molar-refractivity contribution in [3.63, 3.8) is 0 Å². The molecule has 0 saturated heterocycles. The highest BCUT2D eigenvalue weighted by molar-refractivity contribution is 7.99. The summed E-state index contributed by atoms with van der Waals surface area (Å²) in [7, 11) is 1.82. The average molecular weight is 488 g/mol. The van der Waals surface area contributed by atoms with Crippen LogP contribution in [0.1, 0.15) is 21.5 Å². The normalized spacial score (nSPS) is 10.5. The quantitative estimate of drug-likeness (QED) is 0.328.